The lowest BCUT2D eigenvalue weighted by molar-refractivity contribution is 0.444. The molecule has 1 fully saturated rings. The van der Waals surface area contributed by atoms with Gasteiger partial charge in [-0.15, -0.1) is 0 Å². The maximum absolute atomic E-state index is 4.64. The largest absolute Gasteiger partial charge is 0.376 e. The fourth-order valence-corrected chi connectivity index (χ4v) is 2.65. The summed E-state index contributed by atoms with van der Waals surface area (Å²) in [5.74, 6) is 1.81. The Labute approximate surface area is 108 Å². The van der Waals surface area contributed by atoms with E-state index in [0.717, 1.165) is 13.1 Å². The van der Waals surface area contributed by atoms with Gasteiger partial charge in [0.25, 0.3) is 0 Å². The van der Waals surface area contributed by atoms with Gasteiger partial charge in [-0.05, 0) is 38.1 Å². The van der Waals surface area contributed by atoms with E-state index in [1.54, 1.807) is 0 Å². The fourth-order valence-electron chi connectivity index (χ4n) is 2.65. The van der Waals surface area contributed by atoms with Crippen LogP contribution in [0, 0.1) is 0 Å². The van der Waals surface area contributed by atoms with E-state index in [4.69, 9.17) is 0 Å². The molecule has 4 nitrogen and oxygen atoms in total. The van der Waals surface area contributed by atoms with Crippen LogP contribution in [0.15, 0.2) is 24.5 Å². The van der Waals surface area contributed by atoms with E-state index in [1.165, 1.54) is 29.9 Å². The zero-order chi connectivity index (χ0) is 12.5. The molecule has 4 heteroatoms. The van der Waals surface area contributed by atoms with E-state index in [2.05, 4.69) is 52.0 Å². The number of aromatic nitrogens is 2. The summed E-state index contributed by atoms with van der Waals surface area (Å²) in [5, 5.41) is 3.41. The Morgan fingerprint density at radius 1 is 1.28 bits per heavy atom. The van der Waals surface area contributed by atoms with Gasteiger partial charge in [-0.2, -0.15) is 0 Å². The molecule has 3 heterocycles. The Morgan fingerprint density at radius 2 is 2.06 bits per heavy atom. The maximum Gasteiger partial charge on any atom is 0.116 e. The lowest BCUT2D eigenvalue weighted by Crippen LogP contribution is -2.27. The second kappa shape index (κ2) is 4.61. The first-order valence-corrected chi connectivity index (χ1v) is 6.61. The highest BCUT2D eigenvalue weighted by Gasteiger charge is 2.19. The van der Waals surface area contributed by atoms with Crippen molar-refractivity contribution in [2.24, 2.45) is 0 Å². The zero-order valence-electron chi connectivity index (χ0n) is 11.1. The van der Waals surface area contributed by atoms with Crippen molar-refractivity contribution in [2.75, 3.05) is 32.1 Å². The van der Waals surface area contributed by atoms with E-state index in [1.807, 2.05) is 6.20 Å². The van der Waals surface area contributed by atoms with Crippen molar-refractivity contribution >= 4 is 11.2 Å². The highest BCUT2D eigenvalue weighted by Crippen LogP contribution is 2.26. The third-order valence-corrected chi connectivity index (χ3v) is 3.76. The van der Waals surface area contributed by atoms with E-state index in [-0.39, 0.29) is 0 Å². The summed E-state index contributed by atoms with van der Waals surface area (Å²) in [5.41, 5.74) is 2.41. The minimum absolute atomic E-state index is 0.589. The SMILES string of the molecule is CN(C)c1ccc2cnc(C3CCNCC3)n2c1. The molecule has 0 aromatic carbocycles. The van der Waals surface area contributed by atoms with Crippen LogP contribution >= 0.6 is 0 Å². The summed E-state index contributed by atoms with van der Waals surface area (Å²) in [4.78, 5) is 6.77. The van der Waals surface area contributed by atoms with Crippen LogP contribution in [-0.4, -0.2) is 36.6 Å². The lowest BCUT2D eigenvalue weighted by atomic mass is 9.97. The topological polar surface area (TPSA) is 32.6 Å². The van der Waals surface area contributed by atoms with E-state index < -0.39 is 0 Å². The van der Waals surface area contributed by atoms with Crippen LogP contribution in [0.2, 0.25) is 0 Å². The van der Waals surface area contributed by atoms with Gasteiger partial charge in [-0.25, -0.2) is 4.98 Å². The number of anilines is 1. The smallest absolute Gasteiger partial charge is 0.116 e. The number of hydrogen-bond donors (Lipinski definition) is 1. The number of fused-ring (bicyclic) bond motifs is 1. The van der Waals surface area contributed by atoms with E-state index >= 15 is 0 Å². The number of nitrogens with one attached hydrogen (secondary N) is 1. The molecule has 1 aliphatic heterocycles. The quantitative estimate of drug-likeness (QED) is 0.875. The Morgan fingerprint density at radius 3 is 2.78 bits per heavy atom. The Balaban J connectivity index is 2.03. The minimum Gasteiger partial charge on any atom is -0.376 e. The summed E-state index contributed by atoms with van der Waals surface area (Å²) in [7, 11) is 4.14. The molecule has 0 amide bonds. The van der Waals surface area contributed by atoms with Crippen molar-refractivity contribution in [3.8, 4) is 0 Å². The number of hydrogen-bond acceptors (Lipinski definition) is 3. The second-order valence-electron chi connectivity index (χ2n) is 5.22. The lowest BCUT2D eigenvalue weighted by Gasteiger charge is -2.22. The maximum atomic E-state index is 4.64. The van der Waals surface area contributed by atoms with Gasteiger partial charge in [-0.1, -0.05) is 0 Å². The summed E-state index contributed by atoms with van der Waals surface area (Å²) < 4.78 is 2.26. The third kappa shape index (κ3) is 1.97. The van der Waals surface area contributed by atoms with Gasteiger partial charge >= 0.3 is 0 Å². The van der Waals surface area contributed by atoms with Crippen LogP contribution in [0.5, 0.6) is 0 Å². The van der Waals surface area contributed by atoms with Crippen LogP contribution in [0.4, 0.5) is 5.69 Å². The highest BCUT2D eigenvalue weighted by atomic mass is 15.1. The monoisotopic (exact) mass is 244 g/mol. The Hall–Kier alpha value is -1.55. The summed E-state index contributed by atoms with van der Waals surface area (Å²) in [6, 6.07) is 4.29. The molecule has 2 aromatic heterocycles. The van der Waals surface area contributed by atoms with Gasteiger partial charge in [0.2, 0.25) is 0 Å². The highest BCUT2D eigenvalue weighted by molar-refractivity contribution is 5.55. The van der Waals surface area contributed by atoms with E-state index in [9.17, 15) is 0 Å². The molecule has 0 atom stereocenters. The number of rotatable bonds is 2. The van der Waals surface area contributed by atoms with Crippen molar-refractivity contribution in [2.45, 2.75) is 18.8 Å². The minimum atomic E-state index is 0.589. The van der Waals surface area contributed by atoms with Crippen LogP contribution in [0.3, 0.4) is 0 Å². The summed E-state index contributed by atoms with van der Waals surface area (Å²) in [6.07, 6.45) is 6.55. The second-order valence-corrected chi connectivity index (χ2v) is 5.22. The summed E-state index contributed by atoms with van der Waals surface area (Å²) >= 11 is 0. The standard InChI is InChI=1S/C14H20N4/c1-17(2)13-4-3-12-9-16-14(18(12)10-13)11-5-7-15-8-6-11/h3-4,9-11,15H,5-8H2,1-2H3. The van der Waals surface area contributed by atoms with Crippen molar-refractivity contribution < 1.29 is 0 Å². The molecular weight excluding hydrogens is 224 g/mol. The first-order valence-electron chi connectivity index (χ1n) is 6.61. The number of imidazole rings is 1. The average molecular weight is 244 g/mol. The predicted octanol–water partition coefficient (Wildman–Crippen LogP) is 1.87. The average Bonchev–Trinajstić information content (AvgIpc) is 2.82. The van der Waals surface area contributed by atoms with Crippen molar-refractivity contribution in [1.82, 2.24) is 14.7 Å². The van der Waals surface area contributed by atoms with Crippen molar-refractivity contribution in [3.63, 3.8) is 0 Å². The van der Waals surface area contributed by atoms with Crippen LogP contribution in [0.1, 0.15) is 24.6 Å². The molecular formula is C14H20N4. The van der Waals surface area contributed by atoms with Gasteiger partial charge in [-0.3, -0.25) is 0 Å². The number of pyridine rings is 1. The first-order chi connectivity index (χ1) is 8.75. The predicted molar refractivity (Wildman–Crippen MR) is 74.4 cm³/mol. The Kier molecular flexibility index (Phi) is 2.96. The Bertz CT molecular complexity index is 538. The third-order valence-electron chi connectivity index (χ3n) is 3.76. The molecule has 0 aliphatic carbocycles. The molecule has 0 bridgehead atoms. The van der Waals surface area contributed by atoms with Gasteiger partial charge in [0.15, 0.2) is 0 Å². The van der Waals surface area contributed by atoms with Crippen molar-refractivity contribution in [3.05, 3.63) is 30.4 Å². The normalized spacial score (nSPS) is 17.2. The van der Waals surface area contributed by atoms with Crippen LogP contribution < -0.4 is 10.2 Å². The summed E-state index contributed by atoms with van der Waals surface area (Å²) in [6.45, 7) is 2.21. The molecule has 1 aliphatic rings. The molecule has 0 spiro atoms. The molecule has 0 radical (unpaired) electrons. The van der Waals surface area contributed by atoms with Gasteiger partial charge < -0.3 is 14.6 Å². The molecule has 1 N–H and O–H groups in total. The zero-order valence-corrected chi connectivity index (χ0v) is 11.1. The molecule has 18 heavy (non-hydrogen) atoms. The van der Waals surface area contributed by atoms with Crippen LogP contribution in [-0.2, 0) is 0 Å². The molecule has 96 valence electrons. The molecule has 0 saturated carbocycles. The molecule has 1 saturated heterocycles. The molecule has 2 aromatic rings. The van der Waals surface area contributed by atoms with Gasteiger partial charge in [0.05, 0.1) is 17.4 Å². The number of nitrogens with zero attached hydrogens (tertiary/aromatic N) is 3. The molecule has 3 rings (SSSR count). The van der Waals surface area contributed by atoms with Crippen LogP contribution in [0.25, 0.3) is 5.52 Å². The van der Waals surface area contributed by atoms with Crippen molar-refractivity contribution in [1.29, 1.82) is 0 Å². The first kappa shape index (κ1) is 11.5. The number of piperidine rings is 1. The fraction of sp³-hybridized carbons (Fsp3) is 0.500. The molecule has 0 unspecified atom stereocenters. The van der Waals surface area contributed by atoms with E-state index in [0.29, 0.717) is 5.92 Å². The van der Waals surface area contributed by atoms with Gasteiger partial charge in [0, 0.05) is 26.2 Å². The van der Waals surface area contributed by atoms with Gasteiger partial charge in [0.1, 0.15) is 5.82 Å².